The summed E-state index contributed by atoms with van der Waals surface area (Å²) in [7, 11) is 1.41. The minimum atomic E-state index is -0.842. The molecule has 7 nitrogen and oxygen atoms in total. The number of carbonyl (C=O) groups excluding carboxylic acids is 2. The first-order chi connectivity index (χ1) is 14.4. The van der Waals surface area contributed by atoms with Gasteiger partial charge >= 0.3 is 5.97 Å². The number of halogens is 1. The van der Waals surface area contributed by atoms with E-state index in [1.165, 1.54) is 43.7 Å². The van der Waals surface area contributed by atoms with Gasteiger partial charge in [-0.1, -0.05) is 12.1 Å². The molecule has 0 fully saturated rings. The van der Waals surface area contributed by atoms with Crippen molar-refractivity contribution in [2.24, 2.45) is 5.10 Å². The molecule has 1 aromatic heterocycles. The highest BCUT2D eigenvalue weighted by molar-refractivity contribution is 5.96. The molecule has 1 N–H and O–H groups in total. The lowest BCUT2D eigenvalue weighted by Gasteiger charge is -2.10. The number of hydrogen-bond acceptors (Lipinski definition) is 6. The predicted octanol–water partition coefficient (Wildman–Crippen LogP) is 4.03. The lowest BCUT2D eigenvalue weighted by atomic mass is 10.2. The third-order valence-corrected chi connectivity index (χ3v) is 4.15. The van der Waals surface area contributed by atoms with Gasteiger partial charge in [0, 0.05) is 0 Å². The average Bonchev–Trinajstić information content (AvgIpc) is 3.07. The molecule has 3 rings (SSSR count). The van der Waals surface area contributed by atoms with Gasteiger partial charge in [-0.3, -0.25) is 4.79 Å². The van der Waals surface area contributed by atoms with Crippen molar-refractivity contribution in [2.75, 3.05) is 7.11 Å². The third-order valence-electron chi connectivity index (χ3n) is 4.15. The van der Waals surface area contributed by atoms with Gasteiger partial charge in [0.25, 0.3) is 5.91 Å². The Hall–Kier alpha value is -3.94. The first-order valence-electron chi connectivity index (χ1n) is 8.94. The standard InChI is InChI=1S/C22H19FN2O5/c1-13-10-17(14(2)29-13)21(26)25-24-12-15-8-9-19(20(11-15)28-3)30-22(27)16-6-4-5-7-18(16)23/h4-12H,1-3H3,(H,25,26)/b24-12-. The van der Waals surface area contributed by atoms with Crippen LogP contribution in [0, 0.1) is 19.7 Å². The van der Waals surface area contributed by atoms with E-state index in [2.05, 4.69) is 10.5 Å². The number of hydrazone groups is 1. The molecule has 0 saturated heterocycles. The summed E-state index contributed by atoms with van der Waals surface area (Å²) in [6.07, 6.45) is 1.41. The van der Waals surface area contributed by atoms with Crippen molar-refractivity contribution >= 4 is 18.1 Å². The number of amides is 1. The molecule has 0 bridgehead atoms. The first-order valence-corrected chi connectivity index (χ1v) is 8.94. The Balaban J connectivity index is 1.70. The molecular formula is C22H19FN2O5. The number of esters is 1. The number of nitrogens with zero attached hydrogens (tertiary/aromatic N) is 1. The molecule has 30 heavy (non-hydrogen) atoms. The number of furan rings is 1. The maximum atomic E-state index is 13.8. The topological polar surface area (TPSA) is 90.1 Å². The van der Waals surface area contributed by atoms with Crippen LogP contribution in [0.5, 0.6) is 11.5 Å². The number of ether oxygens (including phenoxy) is 2. The highest BCUT2D eigenvalue weighted by Crippen LogP contribution is 2.28. The molecule has 0 spiro atoms. The van der Waals surface area contributed by atoms with Crippen LogP contribution in [-0.4, -0.2) is 25.2 Å². The van der Waals surface area contributed by atoms with Gasteiger partial charge in [-0.2, -0.15) is 5.10 Å². The van der Waals surface area contributed by atoms with E-state index in [0.717, 1.165) is 0 Å². The summed E-state index contributed by atoms with van der Waals surface area (Å²) in [5.41, 5.74) is 3.22. The molecule has 0 aliphatic rings. The fourth-order valence-corrected chi connectivity index (χ4v) is 2.71. The normalized spacial score (nSPS) is 10.8. The fourth-order valence-electron chi connectivity index (χ4n) is 2.71. The predicted molar refractivity (Wildman–Crippen MR) is 108 cm³/mol. The summed E-state index contributed by atoms with van der Waals surface area (Å²) in [6.45, 7) is 3.44. The van der Waals surface area contributed by atoms with Crippen molar-refractivity contribution in [2.45, 2.75) is 13.8 Å². The molecule has 1 amide bonds. The monoisotopic (exact) mass is 410 g/mol. The van der Waals surface area contributed by atoms with Crippen molar-refractivity contribution in [3.05, 3.63) is 82.6 Å². The second kappa shape index (κ2) is 9.04. The second-order valence-corrected chi connectivity index (χ2v) is 6.31. The molecule has 1 heterocycles. The Morgan fingerprint density at radius 3 is 2.50 bits per heavy atom. The Morgan fingerprint density at radius 2 is 1.83 bits per heavy atom. The van der Waals surface area contributed by atoms with Crippen molar-refractivity contribution in [3.63, 3.8) is 0 Å². The Morgan fingerprint density at radius 1 is 1.07 bits per heavy atom. The first kappa shape index (κ1) is 20.8. The number of carbonyl (C=O) groups is 2. The van der Waals surface area contributed by atoms with Gasteiger partial charge in [-0.15, -0.1) is 0 Å². The summed E-state index contributed by atoms with van der Waals surface area (Å²) in [6, 6.07) is 11.8. The summed E-state index contributed by atoms with van der Waals surface area (Å²) >= 11 is 0. The van der Waals surface area contributed by atoms with Crippen molar-refractivity contribution < 1.29 is 27.9 Å². The number of hydrogen-bond donors (Lipinski definition) is 1. The number of rotatable bonds is 6. The van der Waals surface area contributed by atoms with Crippen LogP contribution in [-0.2, 0) is 0 Å². The van der Waals surface area contributed by atoms with Crippen LogP contribution < -0.4 is 14.9 Å². The lowest BCUT2D eigenvalue weighted by Crippen LogP contribution is -2.17. The molecule has 0 aliphatic heterocycles. The van der Waals surface area contributed by atoms with Crippen molar-refractivity contribution in [1.29, 1.82) is 0 Å². The molecule has 0 aliphatic carbocycles. The number of benzene rings is 2. The van der Waals surface area contributed by atoms with Crippen LogP contribution in [0.15, 0.2) is 58.0 Å². The van der Waals surface area contributed by atoms with E-state index in [0.29, 0.717) is 22.6 Å². The second-order valence-electron chi connectivity index (χ2n) is 6.31. The van der Waals surface area contributed by atoms with E-state index in [4.69, 9.17) is 13.9 Å². The quantitative estimate of drug-likeness (QED) is 0.287. The highest BCUT2D eigenvalue weighted by Gasteiger charge is 2.16. The zero-order valence-electron chi connectivity index (χ0n) is 16.6. The van der Waals surface area contributed by atoms with Crippen LogP contribution >= 0.6 is 0 Å². The highest BCUT2D eigenvalue weighted by atomic mass is 19.1. The van der Waals surface area contributed by atoms with E-state index < -0.39 is 17.7 Å². The van der Waals surface area contributed by atoms with Crippen LogP contribution in [0.4, 0.5) is 4.39 Å². The maximum absolute atomic E-state index is 13.8. The maximum Gasteiger partial charge on any atom is 0.346 e. The van der Waals surface area contributed by atoms with Crippen LogP contribution in [0.2, 0.25) is 0 Å². The molecule has 3 aromatic rings. The van der Waals surface area contributed by atoms with Crippen molar-refractivity contribution in [1.82, 2.24) is 5.43 Å². The van der Waals surface area contributed by atoms with Crippen LogP contribution in [0.25, 0.3) is 0 Å². The molecule has 0 saturated carbocycles. The fraction of sp³-hybridized carbons (Fsp3) is 0.136. The van der Waals surface area contributed by atoms with Gasteiger partial charge in [0.1, 0.15) is 17.3 Å². The zero-order chi connectivity index (χ0) is 21.7. The molecule has 8 heteroatoms. The molecule has 2 aromatic carbocycles. The smallest absolute Gasteiger partial charge is 0.346 e. The van der Waals surface area contributed by atoms with E-state index in [-0.39, 0.29) is 17.1 Å². The van der Waals surface area contributed by atoms with Gasteiger partial charge in [0.05, 0.1) is 24.5 Å². The molecule has 154 valence electrons. The van der Waals surface area contributed by atoms with E-state index in [9.17, 15) is 14.0 Å². The van der Waals surface area contributed by atoms with E-state index >= 15 is 0 Å². The SMILES string of the molecule is COc1cc(/C=N\NC(=O)c2cc(C)oc2C)ccc1OC(=O)c1ccccc1F. The minimum absolute atomic E-state index is 0.122. The van der Waals surface area contributed by atoms with Crippen LogP contribution in [0.3, 0.4) is 0 Å². The Bertz CT molecular complexity index is 1120. The number of nitrogens with one attached hydrogen (secondary N) is 1. The molecule has 0 unspecified atom stereocenters. The third kappa shape index (κ3) is 4.72. The molecule has 0 radical (unpaired) electrons. The van der Waals surface area contributed by atoms with E-state index in [1.807, 2.05) is 0 Å². The minimum Gasteiger partial charge on any atom is -0.493 e. The Kier molecular flexibility index (Phi) is 6.26. The van der Waals surface area contributed by atoms with E-state index in [1.54, 1.807) is 32.0 Å². The van der Waals surface area contributed by atoms with Gasteiger partial charge in [-0.05, 0) is 55.8 Å². The number of aryl methyl sites for hydroxylation is 2. The zero-order valence-corrected chi connectivity index (χ0v) is 16.6. The van der Waals surface area contributed by atoms with Gasteiger partial charge in [0.2, 0.25) is 0 Å². The molecular weight excluding hydrogens is 391 g/mol. The van der Waals surface area contributed by atoms with Gasteiger partial charge < -0.3 is 13.9 Å². The van der Waals surface area contributed by atoms with Crippen molar-refractivity contribution in [3.8, 4) is 11.5 Å². The summed E-state index contributed by atoms with van der Waals surface area (Å²) < 4.78 is 29.6. The summed E-state index contributed by atoms with van der Waals surface area (Å²) in [5.74, 6) is -0.416. The largest absolute Gasteiger partial charge is 0.493 e. The van der Waals surface area contributed by atoms with Crippen LogP contribution in [0.1, 0.15) is 37.8 Å². The Labute approximate surface area is 172 Å². The molecule has 0 atom stereocenters. The summed E-state index contributed by atoms with van der Waals surface area (Å²) in [5, 5.41) is 3.91. The number of methoxy groups -OCH3 is 1. The van der Waals surface area contributed by atoms with Gasteiger partial charge in [0.15, 0.2) is 11.5 Å². The van der Waals surface area contributed by atoms with Gasteiger partial charge in [-0.25, -0.2) is 14.6 Å². The summed E-state index contributed by atoms with van der Waals surface area (Å²) in [4.78, 5) is 24.3. The lowest BCUT2D eigenvalue weighted by molar-refractivity contribution is 0.0724. The average molecular weight is 410 g/mol.